The predicted octanol–water partition coefficient (Wildman–Crippen LogP) is 5.22. The predicted molar refractivity (Wildman–Crippen MR) is 107 cm³/mol. The van der Waals surface area contributed by atoms with Gasteiger partial charge in [0.05, 0.1) is 17.7 Å². The number of rotatable bonds is 6. The molecule has 2 heterocycles. The average Bonchev–Trinajstić information content (AvgIpc) is 3.37. The second kappa shape index (κ2) is 7.45. The van der Waals surface area contributed by atoms with Crippen molar-refractivity contribution in [3.05, 3.63) is 83.9 Å². The van der Waals surface area contributed by atoms with Gasteiger partial charge >= 0.3 is 0 Å². The molecule has 0 aliphatic carbocycles. The lowest BCUT2D eigenvalue weighted by molar-refractivity contribution is 0.415. The van der Waals surface area contributed by atoms with Crippen molar-refractivity contribution >= 4 is 17.0 Å². The Kier molecular flexibility index (Phi) is 4.71. The van der Waals surface area contributed by atoms with E-state index in [-0.39, 0.29) is 0 Å². The summed E-state index contributed by atoms with van der Waals surface area (Å²) in [4.78, 5) is 1.17. The minimum atomic E-state index is 0.688. The van der Waals surface area contributed by atoms with E-state index in [1.165, 1.54) is 4.88 Å². The van der Waals surface area contributed by atoms with E-state index in [2.05, 4.69) is 41.2 Å². The van der Waals surface area contributed by atoms with Crippen molar-refractivity contribution < 1.29 is 4.74 Å². The highest BCUT2D eigenvalue weighted by Gasteiger charge is 2.13. The molecule has 0 aliphatic rings. The Hall–Kier alpha value is -3.05. The summed E-state index contributed by atoms with van der Waals surface area (Å²) in [5, 5.41) is 10.4. The van der Waals surface area contributed by atoms with Crippen LogP contribution in [0.15, 0.2) is 78.3 Å². The average molecular weight is 361 g/mol. The minimum absolute atomic E-state index is 0.688. The number of thiophene rings is 1. The molecule has 0 saturated heterocycles. The van der Waals surface area contributed by atoms with Crippen LogP contribution in [0.1, 0.15) is 5.56 Å². The lowest BCUT2D eigenvalue weighted by atomic mass is 10.2. The monoisotopic (exact) mass is 361 g/mol. The van der Waals surface area contributed by atoms with E-state index in [1.807, 2.05) is 47.1 Å². The molecule has 4 nitrogen and oxygen atoms in total. The number of para-hydroxylation sites is 1. The van der Waals surface area contributed by atoms with Crippen LogP contribution < -0.4 is 10.1 Å². The van der Waals surface area contributed by atoms with Crippen molar-refractivity contribution in [2.75, 3.05) is 12.4 Å². The fraction of sp³-hybridized carbons (Fsp3) is 0.0952. The van der Waals surface area contributed by atoms with E-state index >= 15 is 0 Å². The Morgan fingerprint density at radius 2 is 1.92 bits per heavy atom. The lowest BCUT2D eigenvalue weighted by Gasteiger charge is -2.07. The molecule has 2 aromatic carbocycles. The van der Waals surface area contributed by atoms with Crippen LogP contribution in [-0.4, -0.2) is 16.9 Å². The summed E-state index contributed by atoms with van der Waals surface area (Å²) in [7, 11) is 1.68. The van der Waals surface area contributed by atoms with Crippen LogP contribution >= 0.6 is 11.3 Å². The van der Waals surface area contributed by atoms with Crippen molar-refractivity contribution in [2.45, 2.75) is 6.54 Å². The molecule has 0 aliphatic heterocycles. The number of nitrogens with zero attached hydrogens (tertiary/aromatic N) is 2. The number of aromatic nitrogens is 2. The maximum Gasteiger partial charge on any atom is 0.120 e. The van der Waals surface area contributed by atoms with E-state index in [4.69, 9.17) is 9.84 Å². The van der Waals surface area contributed by atoms with Gasteiger partial charge in [-0.15, -0.1) is 11.3 Å². The summed E-state index contributed by atoms with van der Waals surface area (Å²) in [6.07, 6.45) is 2.09. The third-order valence-electron chi connectivity index (χ3n) is 4.12. The summed E-state index contributed by atoms with van der Waals surface area (Å²) in [6.45, 7) is 0.688. The molecule has 1 N–H and O–H groups in total. The molecule has 0 atom stereocenters. The molecule has 130 valence electrons. The Bertz CT molecular complexity index is 978. The third kappa shape index (κ3) is 3.48. The molecule has 2 aromatic heterocycles. The molecule has 5 heteroatoms. The van der Waals surface area contributed by atoms with E-state index in [0.717, 1.165) is 28.4 Å². The maximum atomic E-state index is 5.30. The van der Waals surface area contributed by atoms with Gasteiger partial charge in [0.15, 0.2) is 0 Å². The second-order valence-electron chi connectivity index (χ2n) is 5.85. The van der Waals surface area contributed by atoms with Gasteiger partial charge in [0.1, 0.15) is 11.4 Å². The highest BCUT2D eigenvalue weighted by atomic mass is 32.1. The molecule has 0 saturated carbocycles. The number of hydrogen-bond acceptors (Lipinski definition) is 4. The molecule has 0 amide bonds. The fourth-order valence-electron chi connectivity index (χ4n) is 2.80. The van der Waals surface area contributed by atoms with Crippen molar-refractivity contribution in [2.24, 2.45) is 0 Å². The van der Waals surface area contributed by atoms with Crippen molar-refractivity contribution in [3.63, 3.8) is 0 Å². The molecule has 0 radical (unpaired) electrons. The van der Waals surface area contributed by atoms with Gasteiger partial charge < -0.3 is 10.1 Å². The van der Waals surface area contributed by atoms with Crippen molar-refractivity contribution in [1.82, 2.24) is 9.78 Å². The van der Waals surface area contributed by atoms with Gasteiger partial charge in [-0.2, -0.15) is 5.10 Å². The molecule has 0 spiro atoms. The van der Waals surface area contributed by atoms with Gasteiger partial charge in [0.2, 0.25) is 0 Å². The van der Waals surface area contributed by atoms with E-state index < -0.39 is 0 Å². The number of hydrogen-bond donors (Lipinski definition) is 1. The first-order chi connectivity index (χ1) is 12.8. The van der Waals surface area contributed by atoms with Gasteiger partial charge in [0.25, 0.3) is 0 Å². The van der Waals surface area contributed by atoms with Gasteiger partial charge in [-0.1, -0.05) is 30.3 Å². The highest BCUT2D eigenvalue weighted by Crippen LogP contribution is 2.28. The zero-order chi connectivity index (χ0) is 17.8. The van der Waals surface area contributed by atoms with Crippen LogP contribution in [0.3, 0.4) is 0 Å². The van der Waals surface area contributed by atoms with Crippen LogP contribution in [0, 0.1) is 0 Å². The van der Waals surface area contributed by atoms with Crippen molar-refractivity contribution in [1.29, 1.82) is 0 Å². The molecule has 4 rings (SSSR count). The Balaban J connectivity index is 1.64. The number of nitrogens with one attached hydrogen (secondary N) is 1. The molecule has 26 heavy (non-hydrogen) atoms. The fourth-order valence-corrected chi connectivity index (χ4v) is 3.55. The molecular formula is C21H19N3OS. The first-order valence-electron chi connectivity index (χ1n) is 8.39. The summed E-state index contributed by atoms with van der Waals surface area (Å²) >= 11 is 1.70. The molecule has 0 unspecified atom stereocenters. The SMILES string of the molecule is COc1cccc(NCc2cn(-c3ccccc3)nc2-c2cccs2)c1. The normalized spacial score (nSPS) is 10.7. The summed E-state index contributed by atoms with van der Waals surface area (Å²) < 4.78 is 7.24. The van der Waals surface area contributed by atoms with Gasteiger partial charge in [-0.3, -0.25) is 0 Å². The van der Waals surface area contributed by atoms with Crippen molar-refractivity contribution in [3.8, 4) is 22.0 Å². The summed E-state index contributed by atoms with van der Waals surface area (Å²) in [5.41, 5.74) is 4.24. The Morgan fingerprint density at radius 3 is 2.69 bits per heavy atom. The molecule has 4 aromatic rings. The Labute approximate surface area is 156 Å². The topological polar surface area (TPSA) is 39.1 Å². The smallest absolute Gasteiger partial charge is 0.120 e. The van der Waals surface area contributed by atoms with Crippen LogP contribution in [-0.2, 0) is 6.54 Å². The molecule has 0 bridgehead atoms. The van der Waals surface area contributed by atoms with Crippen LogP contribution in [0.2, 0.25) is 0 Å². The minimum Gasteiger partial charge on any atom is -0.497 e. The Morgan fingerprint density at radius 1 is 1.04 bits per heavy atom. The zero-order valence-corrected chi connectivity index (χ0v) is 15.2. The second-order valence-corrected chi connectivity index (χ2v) is 6.79. The van der Waals surface area contributed by atoms with Crippen LogP contribution in [0.4, 0.5) is 5.69 Å². The van der Waals surface area contributed by atoms with E-state index in [1.54, 1.807) is 18.4 Å². The third-order valence-corrected chi connectivity index (χ3v) is 4.99. The standard InChI is InChI=1S/C21H19N3OS/c1-25-19-10-5-7-17(13-19)22-14-16-15-24(18-8-3-2-4-9-18)23-21(16)20-11-6-12-26-20/h2-13,15,22H,14H2,1H3. The van der Waals surface area contributed by atoms with Crippen LogP contribution in [0.25, 0.3) is 16.3 Å². The molecular weight excluding hydrogens is 342 g/mol. The zero-order valence-electron chi connectivity index (χ0n) is 14.4. The largest absolute Gasteiger partial charge is 0.497 e. The summed E-state index contributed by atoms with van der Waals surface area (Å²) in [5.74, 6) is 0.841. The number of benzene rings is 2. The van der Waals surface area contributed by atoms with Crippen LogP contribution in [0.5, 0.6) is 5.75 Å². The number of ether oxygens (including phenoxy) is 1. The van der Waals surface area contributed by atoms with E-state index in [9.17, 15) is 0 Å². The summed E-state index contributed by atoms with van der Waals surface area (Å²) in [6, 6.07) is 22.3. The quantitative estimate of drug-likeness (QED) is 0.512. The van der Waals surface area contributed by atoms with Gasteiger partial charge in [-0.05, 0) is 35.7 Å². The lowest BCUT2D eigenvalue weighted by Crippen LogP contribution is -2.00. The van der Waals surface area contributed by atoms with E-state index in [0.29, 0.717) is 6.54 Å². The first kappa shape index (κ1) is 16.4. The maximum absolute atomic E-state index is 5.30. The first-order valence-corrected chi connectivity index (χ1v) is 9.27. The molecule has 0 fully saturated rings. The van der Waals surface area contributed by atoms with Gasteiger partial charge in [-0.25, -0.2) is 4.68 Å². The number of anilines is 1. The highest BCUT2D eigenvalue weighted by molar-refractivity contribution is 7.13. The number of methoxy groups -OCH3 is 1. The van der Waals surface area contributed by atoms with Gasteiger partial charge in [0, 0.05) is 30.1 Å².